The highest BCUT2D eigenvalue weighted by Crippen LogP contribution is 2.38. The van der Waals surface area contributed by atoms with Gasteiger partial charge in [0.15, 0.2) is 0 Å². The third-order valence-corrected chi connectivity index (χ3v) is 6.10. The Morgan fingerprint density at radius 1 is 1.09 bits per heavy atom. The molecule has 3 rings (SSSR count). The fourth-order valence-electron chi connectivity index (χ4n) is 2.88. The lowest BCUT2D eigenvalue weighted by Gasteiger charge is -2.29. The number of imide groups is 1. The Morgan fingerprint density at radius 2 is 1.69 bits per heavy atom. The lowest BCUT2D eigenvalue weighted by molar-refractivity contribution is -0.194. The summed E-state index contributed by atoms with van der Waals surface area (Å²) < 4.78 is 68.7. The maximum atomic E-state index is 14.0. The Hall–Kier alpha value is -3.16. The van der Waals surface area contributed by atoms with Gasteiger partial charge in [0, 0.05) is 12.6 Å². The molecule has 0 aliphatic carbocycles. The van der Waals surface area contributed by atoms with E-state index >= 15 is 0 Å². The summed E-state index contributed by atoms with van der Waals surface area (Å²) in [5, 5.41) is 3.57. The number of halogens is 4. The predicted octanol–water partition coefficient (Wildman–Crippen LogP) is 2.59. The summed E-state index contributed by atoms with van der Waals surface area (Å²) in [6.45, 7) is 1.21. The Labute approximate surface area is 184 Å². The smallest absolute Gasteiger partial charge is 0.326 e. The van der Waals surface area contributed by atoms with E-state index in [1.807, 2.05) is 0 Å². The van der Waals surface area contributed by atoms with Crippen LogP contribution in [0.25, 0.3) is 0 Å². The fraction of sp³-hybridized carbons (Fsp3) is 0.167. The van der Waals surface area contributed by atoms with Crippen LogP contribution in [0.5, 0.6) is 0 Å². The van der Waals surface area contributed by atoms with Crippen LogP contribution in [0.4, 0.5) is 29.3 Å². The quantitative estimate of drug-likeness (QED) is 0.556. The van der Waals surface area contributed by atoms with Crippen LogP contribution < -0.4 is 20.3 Å². The van der Waals surface area contributed by atoms with E-state index in [0.717, 1.165) is 30.3 Å². The third-order valence-electron chi connectivity index (χ3n) is 4.31. The van der Waals surface area contributed by atoms with Crippen molar-refractivity contribution in [2.75, 3.05) is 10.2 Å². The molecule has 1 saturated heterocycles. The van der Waals surface area contributed by atoms with E-state index in [9.17, 15) is 36.0 Å². The zero-order valence-corrected chi connectivity index (χ0v) is 17.6. The van der Waals surface area contributed by atoms with E-state index in [1.54, 1.807) is 0 Å². The minimum atomic E-state index is -5.56. The van der Waals surface area contributed by atoms with E-state index in [2.05, 4.69) is 5.32 Å². The molecule has 9 nitrogen and oxygen atoms in total. The van der Waals surface area contributed by atoms with Crippen LogP contribution >= 0.6 is 11.6 Å². The second-order valence-corrected chi connectivity index (χ2v) is 8.67. The van der Waals surface area contributed by atoms with Crippen LogP contribution in [0.3, 0.4) is 0 Å². The molecule has 0 radical (unpaired) electrons. The Balaban J connectivity index is 2.02. The lowest BCUT2D eigenvalue weighted by Crippen LogP contribution is -2.69. The normalized spacial score (nSPS) is 19.1. The van der Waals surface area contributed by atoms with Gasteiger partial charge < -0.3 is 10.6 Å². The number of hydrogen-bond donors (Lipinski definition) is 3. The number of amides is 4. The van der Waals surface area contributed by atoms with Gasteiger partial charge in [-0.15, -0.1) is 0 Å². The van der Waals surface area contributed by atoms with Gasteiger partial charge in [-0.05, 0) is 36.4 Å². The average molecular weight is 491 g/mol. The molecule has 1 aliphatic heterocycles. The fourth-order valence-corrected chi connectivity index (χ4v) is 4.37. The Bertz CT molecular complexity index is 1200. The summed E-state index contributed by atoms with van der Waals surface area (Å²) in [5.74, 6) is -2.38. The third kappa shape index (κ3) is 4.13. The first-order chi connectivity index (χ1) is 14.8. The number of rotatable bonds is 5. The summed E-state index contributed by atoms with van der Waals surface area (Å²) in [7, 11) is -4.98. The van der Waals surface area contributed by atoms with Gasteiger partial charge in [0.25, 0.3) is 11.6 Å². The van der Waals surface area contributed by atoms with Crippen LogP contribution in [-0.2, 0) is 19.6 Å². The SMILES string of the molecule is CC(=O)Nc1ccc(S(=O)(=O)N[C@]2(C(F)(F)F)NC(=O)N(c3ccccc3Cl)C2=O)cc1. The Kier molecular flexibility index (Phi) is 5.93. The van der Waals surface area contributed by atoms with Crippen molar-refractivity contribution in [3.8, 4) is 0 Å². The van der Waals surface area contributed by atoms with Crippen LogP contribution in [0.15, 0.2) is 53.4 Å². The molecule has 1 atom stereocenters. The van der Waals surface area contributed by atoms with Gasteiger partial charge in [-0.2, -0.15) is 17.9 Å². The molecule has 3 N–H and O–H groups in total. The topological polar surface area (TPSA) is 125 Å². The van der Waals surface area contributed by atoms with E-state index in [-0.39, 0.29) is 21.3 Å². The summed E-state index contributed by atoms with van der Waals surface area (Å²) in [6, 6.07) is 7.72. The lowest BCUT2D eigenvalue weighted by atomic mass is 10.1. The number of anilines is 2. The van der Waals surface area contributed by atoms with Gasteiger partial charge in [0.1, 0.15) is 0 Å². The number of nitrogens with zero attached hydrogens (tertiary/aromatic N) is 1. The molecule has 170 valence electrons. The zero-order valence-electron chi connectivity index (χ0n) is 16.0. The Morgan fingerprint density at radius 3 is 2.22 bits per heavy atom. The van der Waals surface area contributed by atoms with Crippen LogP contribution in [0.2, 0.25) is 5.02 Å². The number of carbonyl (C=O) groups excluding carboxylic acids is 3. The molecule has 1 heterocycles. The molecule has 2 aromatic rings. The van der Waals surface area contributed by atoms with Crippen molar-refractivity contribution in [2.45, 2.75) is 23.7 Å². The average Bonchev–Trinajstić information content (AvgIpc) is 2.92. The number of sulfonamides is 1. The van der Waals surface area contributed by atoms with Crippen molar-refractivity contribution in [3.63, 3.8) is 0 Å². The van der Waals surface area contributed by atoms with Crippen LogP contribution in [0, 0.1) is 0 Å². The van der Waals surface area contributed by atoms with Gasteiger partial charge in [-0.3, -0.25) is 9.59 Å². The first kappa shape index (κ1) is 23.5. The van der Waals surface area contributed by atoms with Crippen molar-refractivity contribution >= 4 is 50.8 Å². The largest absolute Gasteiger partial charge is 0.435 e. The van der Waals surface area contributed by atoms with Gasteiger partial charge in [0.2, 0.25) is 15.9 Å². The highest BCUT2D eigenvalue weighted by molar-refractivity contribution is 7.89. The minimum absolute atomic E-state index is 0.109. The maximum absolute atomic E-state index is 14.0. The van der Waals surface area contributed by atoms with E-state index in [0.29, 0.717) is 0 Å². The van der Waals surface area contributed by atoms with E-state index < -0.39 is 44.6 Å². The van der Waals surface area contributed by atoms with Gasteiger partial charge >= 0.3 is 12.2 Å². The number of carbonyl (C=O) groups is 3. The standard InChI is InChI=1S/C18H14ClF3N4O5S/c1-10(27)23-11-6-8-12(9-7-11)32(30,31)25-17(18(20,21)22)15(28)26(16(29)24-17)14-5-3-2-4-13(14)19/h2-9,25H,1H3,(H,23,27)(H,24,29)/t17-/m1/s1. The highest BCUT2D eigenvalue weighted by Gasteiger charge is 2.70. The van der Waals surface area contributed by atoms with Crippen LogP contribution in [-0.4, -0.2) is 38.1 Å². The van der Waals surface area contributed by atoms with Crippen LogP contribution in [0.1, 0.15) is 6.92 Å². The second-order valence-electron chi connectivity index (χ2n) is 6.58. The maximum Gasteiger partial charge on any atom is 0.435 e. The molecule has 0 spiro atoms. The molecule has 0 unspecified atom stereocenters. The number of nitrogens with one attached hydrogen (secondary N) is 3. The van der Waals surface area contributed by atoms with Gasteiger partial charge in [0.05, 0.1) is 15.6 Å². The summed E-state index contributed by atoms with van der Waals surface area (Å²) in [6.07, 6.45) is -5.56. The molecule has 2 aromatic carbocycles. The number of hydrogen-bond acceptors (Lipinski definition) is 5. The van der Waals surface area contributed by atoms with Gasteiger partial charge in [-0.25, -0.2) is 18.1 Å². The highest BCUT2D eigenvalue weighted by atomic mass is 35.5. The first-order valence-corrected chi connectivity index (χ1v) is 10.5. The molecular formula is C18H14ClF3N4O5S. The second kappa shape index (κ2) is 8.07. The number of alkyl halides is 3. The summed E-state index contributed by atoms with van der Waals surface area (Å²) in [4.78, 5) is 35.7. The zero-order chi connectivity index (χ0) is 23.9. The molecule has 4 amide bonds. The molecule has 0 bridgehead atoms. The molecule has 14 heteroatoms. The number of para-hydroxylation sites is 1. The van der Waals surface area contributed by atoms with Crippen molar-refractivity contribution in [3.05, 3.63) is 53.6 Å². The number of benzene rings is 2. The summed E-state index contributed by atoms with van der Waals surface area (Å²) in [5.41, 5.74) is -4.14. The van der Waals surface area contributed by atoms with Crippen molar-refractivity contribution < 1.29 is 36.0 Å². The summed E-state index contributed by atoms with van der Waals surface area (Å²) >= 11 is 5.90. The molecular weight excluding hydrogens is 477 g/mol. The van der Waals surface area contributed by atoms with Crippen molar-refractivity contribution in [1.82, 2.24) is 10.0 Å². The van der Waals surface area contributed by atoms with E-state index in [4.69, 9.17) is 11.6 Å². The molecule has 32 heavy (non-hydrogen) atoms. The minimum Gasteiger partial charge on any atom is -0.326 e. The molecule has 1 fully saturated rings. The van der Waals surface area contributed by atoms with Gasteiger partial charge in [-0.1, -0.05) is 23.7 Å². The monoisotopic (exact) mass is 490 g/mol. The van der Waals surface area contributed by atoms with Crippen molar-refractivity contribution in [1.29, 1.82) is 0 Å². The number of urea groups is 1. The molecule has 1 aliphatic rings. The first-order valence-electron chi connectivity index (χ1n) is 8.68. The predicted molar refractivity (Wildman–Crippen MR) is 107 cm³/mol. The molecule has 0 aromatic heterocycles. The molecule has 0 saturated carbocycles. The van der Waals surface area contributed by atoms with E-state index in [1.165, 1.54) is 35.2 Å². The van der Waals surface area contributed by atoms with Crippen molar-refractivity contribution in [2.24, 2.45) is 0 Å².